The molecule has 1 aromatic heterocycles. The molecule has 0 aliphatic carbocycles. The molecule has 106 valence electrons. The van der Waals surface area contributed by atoms with Crippen LogP contribution in [0.4, 0.5) is 0 Å². The van der Waals surface area contributed by atoms with Gasteiger partial charge in [-0.3, -0.25) is 4.98 Å². The number of aromatic nitrogens is 1. The van der Waals surface area contributed by atoms with Gasteiger partial charge < -0.3 is 5.73 Å². The Morgan fingerprint density at radius 3 is 2.40 bits per heavy atom. The minimum absolute atomic E-state index is 0.0468. The van der Waals surface area contributed by atoms with Gasteiger partial charge in [0.15, 0.2) is 9.84 Å². The molecule has 0 radical (unpaired) electrons. The number of hydrogen-bond donors (Lipinski definition) is 1. The summed E-state index contributed by atoms with van der Waals surface area (Å²) in [6.45, 7) is 0.251. The zero-order valence-corrected chi connectivity index (χ0v) is 12.7. The molecule has 0 fully saturated rings. The van der Waals surface area contributed by atoms with E-state index in [2.05, 4.69) is 4.98 Å². The summed E-state index contributed by atoms with van der Waals surface area (Å²) < 4.78 is 24.8. The second-order valence-electron chi connectivity index (χ2n) is 4.17. The van der Waals surface area contributed by atoms with E-state index in [0.29, 0.717) is 11.3 Å². The number of rotatable bonds is 4. The Hall–Kier alpha value is -1.14. The average molecular weight is 331 g/mol. The molecular weight excluding hydrogens is 319 g/mol. The first-order chi connectivity index (χ1) is 9.44. The molecule has 20 heavy (non-hydrogen) atoms. The van der Waals surface area contributed by atoms with E-state index in [1.807, 2.05) is 0 Å². The van der Waals surface area contributed by atoms with Crippen molar-refractivity contribution in [1.29, 1.82) is 0 Å². The summed E-state index contributed by atoms with van der Waals surface area (Å²) in [6.07, 6.45) is 1.53. The molecule has 0 bridgehead atoms. The first-order valence-electron chi connectivity index (χ1n) is 5.74. The van der Waals surface area contributed by atoms with Crippen LogP contribution in [0.3, 0.4) is 0 Å². The van der Waals surface area contributed by atoms with Gasteiger partial charge in [0.05, 0.1) is 21.5 Å². The molecule has 2 rings (SSSR count). The fourth-order valence-corrected chi connectivity index (χ4v) is 4.40. The molecule has 0 saturated heterocycles. The van der Waals surface area contributed by atoms with E-state index in [-0.39, 0.29) is 27.2 Å². The van der Waals surface area contributed by atoms with E-state index in [1.165, 1.54) is 18.3 Å². The quantitative estimate of drug-likeness (QED) is 0.935. The molecule has 0 atom stereocenters. The highest BCUT2D eigenvalue weighted by Crippen LogP contribution is 2.31. The lowest BCUT2D eigenvalue weighted by molar-refractivity contribution is 0.595. The maximum absolute atomic E-state index is 12.4. The van der Waals surface area contributed by atoms with Gasteiger partial charge in [-0.05, 0) is 29.8 Å². The smallest absolute Gasteiger partial charge is 0.185 e. The van der Waals surface area contributed by atoms with E-state index < -0.39 is 9.84 Å². The van der Waals surface area contributed by atoms with Crippen LogP contribution in [0.1, 0.15) is 11.3 Å². The minimum atomic E-state index is -3.63. The van der Waals surface area contributed by atoms with Crippen LogP contribution in [-0.2, 0) is 22.1 Å². The van der Waals surface area contributed by atoms with E-state index in [4.69, 9.17) is 28.9 Å². The van der Waals surface area contributed by atoms with Crippen molar-refractivity contribution in [3.8, 4) is 0 Å². The van der Waals surface area contributed by atoms with Crippen LogP contribution in [0.15, 0.2) is 41.4 Å². The van der Waals surface area contributed by atoms with Crippen LogP contribution in [-0.4, -0.2) is 13.4 Å². The molecule has 0 unspecified atom stereocenters. The van der Waals surface area contributed by atoms with E-state index in [1.54, 1.807) is 18.2 Å². The summed E-state index contributed by atoms with van der Waals surface area (Å²) in [5, 5.41) is 0.233. The molecule has 1 heterocycles. The fraction of sp³-hybridized carbons (Fsp3) is 0.154. The Kier molecular flexibility index (Phi) is 4.65. The first kappa shape index (κ1) is 15.3. The molecule has 0 spiro atoms. The topological polar surface area (TPSA) is 73.1 Å². The SMILES string of the molecule is NCc1cc(CS(=O)(=O)c2c(Cl)cccc2Cl)ccn1. The number of nitrogens with two attached hydrogens (primary N) is 1. The molecule has 4 nitrogen and oxygen atoms in total. The third-order valence-electron chi connectivity index (χ3n) is 2.68. The van der Waals surface area contributed by atoms with Crippen molar-refractivity contribution in [3.05, 3.63) is 57.8 Å². The Labute approximate surface area is 127 Å². The second kappa shape index (κ2) is 6.10. The van der Waals surface area contributed by atoms with Crippen LogP contribution >= 0.6 is 23.2 Å². The standard InChI is InChI=1S/C13H12Cl2N2O2S/c14-11-2-1-3-12(15)13(11)20(18,19)8-9-4-5-17-10(6-9)7-16/h1-6H,7-8,16H2. The highest BCUT2D eigenvalue weighted by atomic mass is 35.5. The maximum Gasteiger partial charge on any atom is 0.185 e. The molecule has 0 aliphatic heterocycles. The van der Waals surface area contributed by atoms with Crippen molar-refractivity contribution in [2.24, 2.45) is 5.73 Å². The molecule has 2 N–H and O–H groups in total. The Morgan fingerprint density at radius 1 is 1.15 bits per heavy atom. The predicted molar refractivity (Wildman–Crippen MR) is 79.5 cm³/mol. The fourth-order valence-electron chi connectivity index (χ4n) is 1.80. The largest absolute Gasteiger partial charge is 0.325 e. The maximum atomic E-state index is 12.4. The highest BCUT2D eigenvalue weighted by molar-refractivity contribution is 7.90. The van der Waals surface area contributed by atoms with Crippen LogP contribution in [0.5, 0.6) is 0 Å². The van der Waals surface area contributed by atoms with Crippen LogP contribution < -0.4 is 5.73 Å². The van der Waals surface area contributed by atoms with Crippen LogP contribution in [0, 0.1) is 0 Å². The second-order valence-corrected chi connectivity index (χ2v) is 6.91. The Bertz CT molecular complexity index is 713. The summed E-state index contributed by atoms with van der Waals surface area (Å²) in [5.41, 5.74) is 6.71. The van der Waals surface area contributed by atoms with Crippen molar-refractivity contribution in [3.63, 3.8) is 0 Å². The predicted octanol–water partition coefficient (Wildman–Crippen LogP) is 2.82. The number of benzene rings is 1. The average Bonchev–Trinajstić information content (AvgIpc) is 2.37. The van der Waals surface area contributed by atoms with Crippen molar-refractivity contribution < 1.29 is 8.42 Å². The summed E-state index contributed by atoms with van der Waals surface area (Å²) >= 11 is 11.9. The van der Waals surface area contributed by atoms with E-state index in [0.717, 1.165) is 0 Å². The van der Waals surface area contributed by atoms with Gasteiger partial charge >= 0.3 is 0 Å². The van der Waals surface area contributed by atoms with Gasteiger partial charge in [-0.1, -0.05) is 29.3 Å². The normalized spacial score (nSPS) is 11.6. The first-order valence-corrected chi connectivity index (χ1v) is 8.15. The van der Waals surface area contributed by atoms with Crippen LogP contribution in [0.25, 0.3) is 0 Å². The summed E-state index contributed by atoms with van der Waals surface area (Å²) in [5.74, 6) is -0.202. The molecule has 1 aromatic carbocycles. The Morgan fingerprint density at radius 2 is 1.80 bits per heavy atom. The van der Waals surface area contributed by atoms with Crippen molar-refractivity contribution in [2.45, 2.75) is 17.2 Å². The zero-order valence-electron chi connectivity index (χ0n) is 10.4. The monoisotopic (exact) mass is 330 g/mol. The third kappa shape index (κ3) is 3.30. The van der Waals surface area contributed by atoms with E-state index in [9.17, 15) is 8.42 Å². The van der Waals surface area contributed by atoms with Gasteiger partial charge in [0.2, 0.25) is 0 Å². The molecule has 7 heteroatoms. The van der Waals surface area contributed by atoms with Crippen molar-refractivity contribution in [2.75, 3.05) is 0 Å². The van der Waals surface area contributed by atoms with Gasteiger partial charge in [0.25, 0.3) is 0 Å². The summed E-state index contributed by atoms with van der Waals surface area (Å²) in [4.78, 5) is 3.98. The number of pyridine rings is 1. The number of sulfone groups is 1. The molecular formula is C13H12Cl2N2O2S. The molecule has 0 aliphatic rings. The number of hydrogen-bond acceptors (Lipinski definition) is 4. The van der Waals surface area contributed by atoms with Gasteiger partial charge in [-0.15, -0.1) is 0 Å². The van der Waals surface area contributed by atoms with Crippen molar-refractivity contribution in [1.82, 2.24) is 4.98 Å². The van der Waals surface area contributed by atoms with Gasteiger partial charge in [0, 0.05) is 12.7 Å². The lowest BCUT2D eigenvalue weighted by Gasteiger charge is -2.09. The third-order valence-corrected chi connectivity index (χ3v) is 5.31. The molecule has 2 aromatic rings. The van der Waals surface area contributed by atoms with Gasteiger partial charge in [-0.25, -0.2) is 8.42 Å². The summed E-state index contributed by atoms with van der Waals surface area (Å²) in [6, 6.07) is 7.88. The molecule has 0 saturated carbocycles. The lowest BCUT2D eigenvalue weighted by atomic mass is 10.2. The molecule has 0 amide bonds. The summed E-state index contributed by atoms with van der Waals surface area (Å²) in [7, 11) is -3.63. The van der Waals surface area contributed by atoms with Gasteiger partial charge in [0.1, 0.15) is 4.90 Å². The van der Waals surface area contributed by atoms with E-state index >= 15 is 0 Å². The highest BCUT2D eigenvalue weighted by Gasteiger charge is 2.22. The number of halogens is 2. The van der Waals surface area contributed by atoms with Gasteiger partial charge in [-0.2, -0.15) is 0 Å². The number of nitrogens with zero attached hydrogens (tertiary/aromatic N) is 1. The lowest BCUT2D eigenvalue weighted by Crippen LogP contribution is -2.08. The zero-order chi connectivity index (χ0) is 14.8. The minimum Gasteiger partial charge on any atom is -0.325 e. The van der Waals surface area contributed by atoms with Crippen LogP contribution in [0.2, 0.25) is 10.0 Å². The Balaban J connectivity index is 2.41. The van der Waals surface area contributed by atoms with Crippen molar-refractivity contribution >= 4 is 33.0 Å².